The van der Waals surface area contributed by atoms with Crippen molar-refractivity contribution in [3.8, 4) is 0 Å². The van der Waals surface area contributed by atoms with Crippen LogP contribution < -0.4 is 0 Å². The summed E-state index contributed by atoms with van der Waals surface area (Å²) in [6, 6.07) is 0. The van der Waals surface area contributed by atoms with Crippen LogP contribution in [0.3, 0.4) is 0 Å². The first-order chi connectivity index (χ1) is 2.27. The normalized spacial score (nSPS) is 8.60. The second-order valence-electron chi connectivity index (χ2n) is 0.570. The van der Waals surface area contributed by atoms with Gasteiger partial charge in [-0.25, -0.2) is 0 Å². The number of rotatable bonds is 1. The third-order valence-electron chi connectivity index (χ3n) is 0.178. The van der Waals surface area contributed by atoms with Crippen LogP contribution in [0.25, 0.3) is 0 Å². The lowest BCUT2D eigenvalue weighted by atomic mass is 11.3. The van der Waals surface area contributed by atoms with Crippen LogP contribution in [-0.4, -0.2) is 3.79 Å². The quantitative estimate of drug-likeness (QED) is 0.394. The van der Waals surface area contributed by atoms with Gasteiger partial charge in [-0.3, -0.25) is 0 Å². The molecule has 30 valence electrons. The fourth-order valence-electron chi connectivity index (χ4n) is 0. The van der Waals surface area contributed by atoms with Gasteiger partial charge in [0.15, 0.2) is 3.79 Å². The molecular weight excluding hydrogens is 306 g/mol. The summed E-state index contributed by atoms with van der Waals surface area (Å²) < 4.78 is -0.446. The van der Waals surface area contributed by atoms with E-state index in [1.807, 2.05) is 5.70 Å². The summed E-state index contributed by atoms with van der Waals surface area (Å²) in [7, 11) is 0. The van der Waals surface area contributed by atoms with Crippen LogP contribution in [0.5, 0.6) is 0 Å². The molecule has 5 heavy (non-hydrogen) atoms. The van der Waals surface area contributed by atoms with Crippen LogP contribution in [0.4, 0.5) is 0 Å². The molecule has 0 aromatic heterocycles. The topological polar surface area (TPSA) is 0 Å². The van der Waals surface area contributed by atoms with Crippen molar-refractivity contribution < 1.29 is 0 Å². The summed E-state index contributed by atoms with van der Waals surface area (Å²) in [5.74, 6) is 0. The maximum absolute atomic E-state index is 3.61. The van der Waals surface area contributed by atoms with E-state index in [1.165, 1.54) is 0 Å². The van der Waals surface area contributed by atoms with E-state index < -0.39 is 3.79 Å². The Morgan fingerprint density at radius 2 is 1.80 bits per heavy atom. The molecule has 0 saturated heterocycles. The summed E-state index contributed by atoms with van der Waals surface area (Å²) in [5.41, 5.74) is 2.03. The molecular formula is C2H4I2Si. The Balaban J connectivity index is 2.83. The zero-order chi connectivity index (χ0) is 4.28. The maximum atomic E-state index is 3.61. The molecule has 0 aliphatic heterocycles. The van der Waals surface area contributed by atoms with Gasteiger partial charge in [0.2, 0.25) is 0 Å². The van der Waals surface area contributed by atoms with Crippen molar-refractivity contribution in [2.45, 2.75) is 0 Å². The van der Waals surface area contributed by atoms with Crippen LogP contribution in [0.2, 0.25) is 0 Å². The molecule has 0 aliphatic rings. The molecule has 0 rings (SSSR count). The monoisotopic (exact) mass is 310 g/mol. The second-order valence-corrected chi connectivity index (χ2v) is 16.9. The van der Waals surface area contributed by atoms with Crippen LogP contribution in [-0.2, 0) is 0 Å². The van der Waals surface area contributed by atoms with Gasteiger partial charge < -0.3 is 0 Å². The van der Waals surface area contributed by atoms with Gasteiger partial charge in [-0.15, -0.1) is 50.2 Å². The van der Waals surface area contributed by atoms with Gasteiger partial charge in [-0.1, -0.05) is 5.70 Å². The Morgan fingerprint density at radius 1 is 1.60 bits per heavy atom. The molecule has 0 nitrogen and oxygen atoms in total. The number of halogens is 2. The molecule has 0 fully saturated rings. The van der Waals surface area contributed by atoms with Crippen LogP contribution in [0, 0.1) is 0 Å². The highest BCUT2D eigenvalue weighted by molar-refractivity contribution is 14.3. The van der Waals surface area contributed by atoms with Gasteiger partial charge >= 0.3 is 0 Å². The van der Waals surface area contributed by atoms with Crippen molar-refractivity contribution >= 4 is 47.4 Å². The van der Waals surface area contributed by atoms with Crippen LogP contribution in [0.15, 0.2) is 12.3 Å². The molecule has 0 amide bonds. The SMILES string of the molecule is C=C[SiH](I)I. The molecule has 0 aromatic carbocycles. The average Bonchev–Trinajstić information content (AvgIpc) is 1.38. The van der Waals surface area contributed by atoms with Gasteiger partial charge in [0.05, 0.1) is 0 Å². The van der Waals surface area contributed by atoms with Crippen molar-refractivity contribution in [1.82, 2.24) is 0 Å². The van der Waals surface area contributed by atoms with Crippen LogP contribution >= 0.6 is 43.6 Å². The Labute approximate surface area is 59.1 Å². The lowest BCUT2D eigenvalue weighted by Crippen LogP contribution is -1.75. The minimum absolute atomic E-state index is 0.446. The summed E-state index contributed by atoms with van der Waals surface area (Å²) in [5, 5.41) is 0. The van der Waals surface area contributed by atoms with E-state index in [-0.39, 0.29) is 0 Å². The molecule has 0 unspecified atom stereocenters. The highest BCUT2D eigenvalue weighted by atomic mass is 127. The standard InChI is InChI=1S/C2H4I2Si/c1-2-5(3)4/h2,5H,1H2. The fraction of sp³-hybridized carbons (Fsp3) is 0. The van der Waals surface area contributed by atoms with Gasteiger partial charge in [0, 0.05) is 0 Å². The van der Waals surface area contributed by atoms with Crippen molar-refractivity contribution in [1.29, 1.82) is 0 Å². The second kappa shape index (κ2) is 3.60. The predicted molar refractivity (Wildman–Crippen MR) is 45.4 cm³/mol. The smallest absolute Gasteiger partial charge is 0.106 e. The van der Waals surface area contributed by atoms with Gasteiger partial charge in [0.1, 0.15) is 0 Å². The third kappa shape index (κ3) is 5.42. The van der Waals surface area contributed by atoms with Crippen molar-refractivity contribution in [3.63, 3.8) is 0 Å². The summed E-state index contributed by atoms with van der Waals surface area (Å²) in [6.45, 7) is 3.61. The van der Waals surface area contributed by atoms with Crippen molar-refractivity contribution in [3.05, 3.63) is 12.3 Å². The van der Waals surface area contributed by atoms with E-state index in [1.54, 1.807) is 0 Å². The van der Waals surface area contributed by atoms with E-state index in [4.69, 9.17) is 0 Å². The fourth-order valence-corrected chi connectivity index (χ4v) is 0. The molecule has 3 heteroatoms. The predicted octanol–water partition coefficient (Wildman–Crippen LogP) is 1.80. The zero-order valence-electron chi connectivity index (χ0n) is 2.62. The summed E-state index contributed by atoms with van der Waals surface area (Å²) >= 11 is 4.83. The molecule has 0 saturated carbocycles. The highest BCUT2D eigenvalue weighted by Crippen LogP contribution is 2.02. The molecule has 0 N–H and O–H groups in total. The van der Waals surface area contributed by atoms with E-state index in [2.05, 4.69) is 50.2 Å². The molecule has 0 aliphatic carbocycles. The molecule has 0 spiro atoms. The minimum atomic E-state index is -0.446. The zero-order valence-corrected chi connectivity index (χ0v) is 8.09. The molecule has 0 radical (unpaired) electrons. The average molecular weight is 310 g/mol. The first-order valence-corrected chi connectivity index (χ1v) is 10.2. The Bertz CT molecular complexity index is 34.6. The Hall–Kier alpha value is 1.42. The van der Waals surface area contributed by atoms with Gasteiger partial charge in [-0.05, 0) is 0 Å². The molecule has 0 atom stereocenters. The van der Waals surface area contributed by atoms with E-state index >= 15 is 0 Å². The lowest BCUT2D eigenvalue weighted by Gasteiger charge is -1.75. The van der Waals surface area contributed by atoms with Crippen LogP contribution in [0.1, 0.15) is 0 Å². The third-order valence-corrected chi connectivity index (χ3v) is 3.59. The summed E-state index contributed by atoms with van der Waals surface area (Å²) in [4.78, 5) is 0. The Kier molecular flexibility index (Phi) is 4.62. The first-order valence-electron chi connectivity index (χ1n) is 1.18. The Morgan fingerprint density at radius 3 is 1.80 bits per heavy atom. The summed E-state index contributed by atoms with van der Waals surface area (Å²) in [6.07, 6.45) is 0. The van der Waals surface area contributed by atoms with Gasteiger partial charge in [0.25, 0.3) is 0 Å². The largest absolute Gasteiger partial charge is 0.199 e. The lowest BCUT2D eigenvalue weighted by molar-refractivity contribution is 2.62. The minimum Gasteiger partial charge on any atom is -0.106 e. The number of hydrogen-bond donors (Lipinski definition) is 0. The molecule has 0 aromatic rings. The number of hydrogen-bond acceptors (Lipinski definition) is 0. The first kappa shape index (κ1) is 6.42. The van der Waals surface area contributed by atoms with E-state index in [9.17, 15) is 0 Å². The van der Waals surface area contributed by atoms with Gasteiger partial charge in [-0.2, -0.15) is 0 Å². The molecule has 0 heterocycles. The highest BCUT2D eigenvalue weighted by Gasteiger charge is 1.83. The van der Waals surface area contributed by atoms with E-state index in [0.717, 1.165) is 0 Å². The van der Waals surface area contributed by atoms with E-state index in [0.29, 0.717) is 0 Å². The molecule has 0 bridgehead atoms. The van der Waals surface area contributed by atoms with Crippen molar-refractivity contribution in [2.24, 2.45) is 0 Å². The maximum Gasteiger partial charge on any atom is 0.199 e. The van der Waals surface area contributed by atoms with Crippen molar-refractivity contribution in [2.75, 3.05) is 0 Å².